The van der Waals surface area contributed by atoms with E-state index in [1.807, 2.05) is 0 Å². The summed E-state index contributed by atoms with van der Waals surface area (Å²) in [5.74, 6) is 0. The highest BCUT2D eigenvalue weighted by atomic mass is 15.1. The Balaban J connectivity index is 1.17. The Hall–Kier alpha value is -5.60. The van der Waals surface area contributed by atoms with Crippen molar-refractivity contribution < 1.29 is 0 Å². The molecule has 1 heterocycles. The number of anilines is 3. The predicted molar refractivity (Wildman–Crippen MR) is 190 cm³/mol. The highest BCUT2D eigenvalue weighted by molar-refractivity contribution is 6.08. The van der Waals surface area contributed by atoms with Crippen molar-refractivity contribution >= 4 is 72.6 Å². The Labute approximate surface area is 257 Å². The number of nitrogens with zero attached hydrogens (tertiary/aromatic N) is 2. The minimum absolute atomic E-state index is 0.947. The third-order valence-corrected chi connectivity index (χ3v) is 8.73. The lowest BCUT2D eigenvalue weighted by atomic mass is 10.0. The molecule has 2 heteroatoms. The van der Waals surface area contributed by atoms with Crippen LogP contribution in [0.5, 0.6) is 0 Å². The molecule has 0 fully saturated rings. The van der Waals surface area contributed by atoms with Crippen LogP contribution in [0.4, 0.5) is 17.1 Å². The van der Waals surface area contributed by atoms with Crippen LogP contribution in [0.25, 0.3) is 55.5 Å². The second-order valence-electron chi connectivity index (χ2n) is 11.3. The first-order valence-corrected chi connectivity index (χ1v) is 15.3. The molecular weight excluding hydrogens is 532 g/mol. The molecule has 0 spiro atoms. The van der Waals surface area contributed by atoms with Gasteiger partial charge in [-0.1, -0.05) is 121 Å². The average molecular weight is 565 g/mol. The summed E-state index contributed by atoms with van der Waals surface area (Å²) in [7, 11) is 0. The number of benzene rings is 7. The Morgan fingerprint density at radius 3 is 1.95 bits per heavy atom. The number of para-hydroxylation sites is 1. The van der Waals surface area contributed by atoms with Gasteiger partial charge in [-0.2, -0.15) is 0 Å². The van der Waals surface area contributed by atoms with E-state index in [9.17, 15) is 0 Å². The Morgan fingerprint density at radius 1 is 0.477 bits per heavy atom. The summed E-state index contributed by atoms with van der Waals surface area (Å²) in [5.41, 5.74) is 8.39. The Bertz CT molecular complexity index is 2320. The summed E-state index contributed by atoms with van der Waals surface area (Å²) >= 11 is 0. The molecule has 1 aromatic heterocycles. The van der Waals surface area contributed by atoms with Crippen LogP contribution >= 0.6 is 0 Å². The van der Waals surface area contributed by atoms with Gasteiger partial charge in [-0.25, -0.2) is 0 Å². The van der Waals surface area contributed by atoms with Gasteiger partial charge in [-0.05, 0) is 76.7 Å². The average Bonchev–Trinajstić information content (AvgIpc) is 3.41. The molecular formula is C42H32N2. The van der Waals surface area contributed by atoms with Crippen LogP contribution in [0.1, 0.15) is 18.1 Å². The van der Waals surface area contributed by atoms with E-state index >= 15 is 0 Å². The van der Waals surface area contributed by atoms with Crippen molar-refractivity contribution in [2.45, 2.75) is 13.5 Å². The molecule has 0 saturated carbocycles. The standard InChI is InChI=1S/C42H32N2/c1-2-43-40-16-8-7-15-38(40)39-27-22-31(28-42(39)43)19-18-30-20-24-35(25-21-30)44(36-26-23-32-10-3-4-12-34(32)29-36)41-17-9-13-33-11-5-6-14-37(33)41/h3-29H,2H2,1H3/b19-18+. The normalized spacial score (nSPS) is 11.8. The lowest BCUT2D eigenvalue weighted by Crippen LogP contribution is -2.10. The molecule has 44 heavy (non-hydrogen) atoms. The van der Waals surface area contributed by atoms with Crippen molar-refractivity contribution in [2.24, 2.45) is 0 Å². The smallest absolute Gasteiger partial charge is 0.0540 e. The maximum atomic E-state index is 2.41. The van der Waals surface area contributed by atoms with Crippen molar-refractivity contribution in [1.82, 2.24) is 4.57 Å². The predicted octanol–water partition coefficient (Wildman–Crippen LogP) is 11.8. The molecule has 0 aliphatic heterocycles. The maximum absolute atomic E-state index is 2.41. The fourth-order valence-corrected chi connectivity index (χ4v) is 6.58. The van der Waals surface area contributed by atoms with Crippen LogP contribution < -0.4 is 4.90 Å². The summed E-state index contributed by atoms with van der Waals surface area (Å²) in [4.78, 5) is 2.37. The molecule has 0 unspecified atom stereocenters. The number of hydrogen-bond acceptors (Lipinski definition) is 1. The summed E-state index contributed by atoms with van der Waals surface area (Å²) in [5, 5.41) is 7.56. The number of hydrogen-bond donors (Lipinski definition) is 0. The Morgan fingerprint density at radius 2 is 1.11 bits per heavy atom. The zero-order valence-electron chi connectivity index (χ0n) is 24.7. The quantitative estimate of drug-likeness (QED) is 0.182. The largest absolute Gasteiger partial charge is 0.341 e. The summed E-state index contributed by atoms with van der Waals surface area (Å²) in [6.45, 7) is 3.17. The van der Waals surface area contributed by atoms with Crippen LogP contribution in [0.3, 0.4) is 0 Å². The summed E-state index contributed by atoms with van der Waals surface area (Å²) < 4.78 is 2.41. The van der Waals surface area contributed by atoms with Crippen LogP contribution in [0.15, 0.2) is 152 Å². The van der Waals surface area contributed by atoms with Crippen LogP contribution in [0, 0.1) is 0 Å². The van der Waals surface area contributed by atoms with Gasteiger partial charge in [-0.3, -0.25) is 0 Å². The van der Waals surface area contributed by atoms with Crippen LogP contribution in [-0.4, -0.2) is 4.57 Å². The van der Waals surface area contributed by atoms with E-state index < -0.39 is 0 Å². The van der Waals surface area contributed by atoms with Crippen molar-refractivity contribution in [2.75, 3.05) is 4.90 Å². The molecule has 7 aromatic carbocycles. The lowest BCUT2D eigenvalue weighted by Gasteiger charge is -2.27. The number of rotatable bonds is 6. The van der Waals surface area contributed by atoms with E-state index in [1.54, 1.807) is 0 Å². The van der Waals surface area contributed by atoms with Gasteiger partial charge in [0, 0.05) is 45.1 Å². The minimum atomic E-state index is 0.947. The van der Waals surface area contributed by atoms with E-state index in [2.05, 4.69) is 180 Å². The molecule has 8 rings (SSSR count). The van der Waals surface area contributed by atoms with E-state index in [0.29, 0.717) is 0 Å². The molecule has 0 N–H and O–H groups in total. The van der Waals surface area contributed by atoms with Crippen LogP contribution in [-0.2, 0) is 6.54 Å². The lowest BCUT2D eigenvalue weighted by molar-refractivity contribution is 0.827. The van der Waals surface area contributed by atoms with Crippen LogP contribution in [0.2, 0.25) is 0 Å². The molecule has 8 aromatic rings. The van der Waals surface area contributed by atoms with Gasteiger partial charge in [0.05, 0.1) is 5.69 Å². The summed E-state index contributed by atoms with van der Waals surface area (Å²) in [6.07, 6.45) is 4.43. The fourth-order valence-electron chi connectivity index (χ4n) is 6.58. The van der Waals surface area contributed by atoms with Gasteiger partial charge in [0.1, 0.15) is 0 Å². The third kappa shape index (κ3) is 4.53. The van der Waals surface area contributed by atoms with Crippen molar-refractivity contribution in [3.8, 4) is 0 Å². The second kappa shape index (κ2) is 10.9. The van der Waals surface area contributed by atoms with Crippen molar-refractivity contribution in [3.63, 3.8) is 0 Å². The molecule has 0 atom stereocenters. The number of aromatic nitrogens is 1. The summed E-state index contributed by atoms with van der Waals surface area (Å²) in [6, 6.07) is 54.8. The topological polar surface area (TPSA) is 8.17 Å². The SMILES string of the molecule is CCn1c2ccccc2c2ccc(/C=C/c3ccc(N(c4ccc5ccccc5c4)c4cccc5ccccc45)cc3)cc21. The van der Waals surface area contributed by atoms with E-state index in [-0.39, 0.29) is 0 Å². The highest BCUT2D eigenvalue weighted by Crippen LogP contribution is 2.40. The molecule has 0 aliphatic rings. The molecule has 0 bridgehead atoms. The van der Waals surface area contributed by atoms with Gasteiger partial charge >= 0.3 is 0 Å². The maximum Gasteiger partial charge on any atom is 0.0540 e. The number of aryl methyl sites for hydroxylation is 1. The van der Waals surface area contributed by atoms with Gasteiger partial charge in [0.15, 0.2) is 0 Å². The fraction of sp³-hybridized carbons (Fsp3) is 0.0476. The van der Waals surface area contributed by atoms with Gasteiger partial charge in [0.2, 0.25) is 0 Å². The zero-order chi connectivity index (χ0) is 29.5. The van der Waals surface area contributed by atoms with E-state index in [1.165, 1.54) is 60.2 Å². The number of fused-ring (bicyclic) bond motifs is 5. The van der Waals surface area contributed by atoms with E-state index in [4.69, 9.17) is 0 Å². The molecule has 0 amide bonds. The minimum Gasteiger partial charge on any atom is -0.341 e. The molecule has 0 radical (unpaired) electrons. The zero-order valence-corrected chi connectivity index (χ0v) is 24.7. The highest BCUT2D eigenvalue weighted by Gasteiger charge is 2.16. The monoisotopic (exact) mass is 564 g/mol. The first kappa shape index (κ1) is 26.1. The third-order valence-electron chi connectivity index (χ3n) is 8.73. The van der Waals surface area contributed by atoms with Crippen molar-refractivity contribution in [3.05, 3.63) is 163 Å². The van der Waals surface area contributed by atoms with Crippen molar-refractivity contribution in [1.29, 1.82) is 0 Å². The first-order valence-electron chi connectivity index (χ1n) is 15.3. The molecule has 0 saturated heterocycles. The van der Waals surface area contributed by atoms with E-state index in [0.717, 1.165) is 17.9 Å². The van der Waals surface area contributed by atoms with Gasteiger partial charge in [-0.15, -0.1) is 0 Å². The second-order valence-corrected chi connectivity index (χ2v) is 11.3. The Kier molecular flexibility index (Phi) is 6.46. The van der Waals surface area contributed by atoms with Gasteiger partial charge < -0.3 is 9.47 Å². The molecule has 210 valence electrons. The first-order chi connectivity index (χ1) is 21.8. The molecule has 2 nitrogen and oxygen atoms in total. The molecule has 0 aliphatic carbocycles. The van der Waals surface area contributed by atoms with Gasteiger partial charge in [0.25, 0.3) is 0 Å².